The van der Waals surface area contributed by atoms with Crippen LogP contribution in [0.25, 0.3) is 0 Å². The third kappa shape index (κ3) is 4.29. The van der Waals surface area contributed by atoms with Crippen LogP contribution in [0.4, 0.5) is 5.69 Å². The summed E-state index contributed by atoms with van der Waals surface area (Å²) in [5.74, 6) is -0.0158. The zero-order valence-corrected chi connectivity index (χ0v) is 13.0. The summed E-state index contributed by atoms with van der Waals surface area (Å²) in [6.45, 7) is 3.95. The van der Waals surface area contributed by atoms with Crippen molar-refractivity contribution in [1.82, 2.24) is 0 Å². The molecule has 1 atom stereocenters. The quantitative estimate of drug-likeness (QED) is 0.825. The first kappa shape index (κ1) is 14.9. The van der Waals surface area contributed by atoms with Crippen molar-refractivity contribution >= 4 is 35.0 Å². The Balaban J connectivity index is 1.94. The van der Waals surface area contributed by atoms with Gasteiger partial charge >= 0.3 is 0 Å². The summed E-state index contributed by atoms with van der Waals surface area (Å²) in [7, 11) is 0. The number of nitrogens with one attached hydrogen (secondary N) is 1. The van der Waals surface area contributed by atoms with Crippen molar-refractivity contribution in [2.45, 2.75) is 24.0 Å². The first-order chi connectivity index (χ1) is 9.54. The molecule has 20 heavy (non-hydrogen) atoms. The predicted octanol–water partition coefficient (Wildman–Crippen LogP) is 4.77. The van der Waals surface area contributed by atoms with E-state index in [1.165, 1.54) is 5.56 Å². The summed E-state index contributed by atoms with van der Waals surface area (Å²) in [5.41, 5.74) is 1.98. The van der Waals surface area contributed by atoms with Crippen molar-refractivity contribution in [2.24, 2.45) is 0 Å². The summed E-state index contributed by atoms with van der Waals surface area (Å²) >= 11 is 7.36. The van der Waals surface area contributed by atoms with Gasteiger partial charge in [-0.3, -0.25) is 4.79 Å². The van der Waals surface area contributed by atoms with E-state index in [1.54, 1.807) is 36.0 Å². The van der Waals surface area contributed by atoms with E-state index in [-0.39, 0.29) is 11.2 Å². The average molecular weight is 306 g/mol. The summed E-state index contributed by atoms with van der Waals surface area (Å²) in [4.78, 5) is 13.2. The largest absolute Gasteiger partial charge is 0.325 e. The van der Waals surface area contributed by atoms with Crippen LogP contribution in [0.15, 0.2) is 53.4 Å². The SMILES string of the molecule is Cc1ccc(S[C@@H](C)C(=O)Nc2ccc(Cl)cc2)cc1. The maximum absolute atomic E-state index is 12.1. The minimum Gasteiger partial charge on any atom is -0.325 e. The smallest absolute Gasteiger partial charge is 0.237 e. The predicted molar refractivity (Wildman–Crippen MR) is 86.6 cm³/mol. The molecule has 0 aliphatic carbocycles. The Morgan fingerprint density at radius 2 is 1.70 bits per heavy atom. The molecule has 104 valence electrons. The van der Waals surface area contributed by atoms with Crippen molar-refractivity contribution in [3.05, 3.63) is 59.1 Å². The molecule has 0 bridgehead atoms. The topological polar surface area (TPSA) is 29.1 Å². The van der Waals surface area contributed by atoms with E-state index in [0.29, 0.717) is 5.02 Å². The molecule has 0 saturated heterocycles. The number of hydrogen-bond acceptors (Lipinski definition) is 2. The Bertz CT molecular complexity index is 580. The number of benzene rings is 2. The highest BCUT2D eigenvalue weighted by Gasteiger charge is 2.14. The van der Waals surface area contributed by atoms with Gasteiger partial charge in [0, 0.05) is 15.6 Å². The van der Waals surface area contributed by atoms with Crippen LogP contribution in [0.5, 0.6) is 0 Å². The fourth-order valence-electron chi connectivity index (χ4n) is 1.65. The van der Waals surface area contributed by atoms with Gasteiger partial charge in [-0.2, -0.15) is 0 Å². The third-order valence-electron chi connectivity index (χ3n) is 2.81. The number of amides is 1. The van der Waals surface area contributed by atoms with Crippen LogP contribution in [0.1, 0.15) is 12.5 Å². The summed E-state index contributed by atoms with van der Waals surface area (Å²) in [6, 6.07) is 15.3. The maximum atomic E-state index is 12.1. The first-order valence-electron chi connectivity index (χ1n) is 6.34. The van der Waals surface area contributed by atoms with Gasteiger partial charge in [-0.05, 0) is 50.2 Å². The van der Waals surface area contributed by atoms with Gasteiger partial charge in [0.25, 0.3) is 0 Å². The van der Waals surface area contributed by atoms with E-state index in [1.807, 2.05) is 38.1 Å². The number of hydrogen-bond donors (Lipinski definition) is 1. The molecule has 0 aliphatic rings. The first-order valence-corrected chi connectivity index (χ1v) is 7.60. The van der Waals surface area contributed by atoms with Gasteiger partial charge in [0.05, 0.1) is 5.25 Å². The molecule has 0 spiro atoms. The lowest BCUT2D eigenvalue weighted by Crippen LogP contribution is -2.22. The van der Waals surface area contributed by atoms with Gasteiger partial charge in [0.1, 0.15) is 0 Å². The fraction of sp³-hybridized carbons (Fsp3) is 0.188. The Morgan fingerprint density at radius 3 is 2.30 bits per heavy atom. The summed E-state index contributed by atoms with van der Waals surface area (Å²) < 4.78 is 0. The van der Waals surface area contributed by atoms with Crippen molar-refractivity contribution < 1.29 is 4.79 Å². The Hall–Kier alpha value is -1.45. The van der Waals surface area contributed by atoms with Crippen LogP contribution in [-0.4, -0.2) is 11.2 Å². The van der Waals surface area contributed by atoms with E-state index in [0.717, 1.165) is 10.6 Å². The van der Waals surface area contributed by atoms with Gasteiger partial charge in [-0.1, -0.05) is 29.3 Å². The van der Waals surface area contributed by atoms with Crippen molar-refractivity contribution in [3.8, 4) is 0 Å². The molecule has 0 heterocycles. The Morgan fingerprint density at radius 1 is 1.10 bits per heavy atom. The van der Waals surface area contributed by atoms with E-state index in [4.69, 9.17) is 11.6 Å². The maximum Gasteiger partial charge on any atom is 0.237 e. The minimum absolute atomic E-state index is 0.0158. The molecule has 2 nitrogen and oxygen atoms in total. The highest BCUT2D eigenvalue weighted by Crippen LogP contribution is 2.24. The molecule has 2 aromatic carbocycles. The standard InChI is InChI=1S/C16H16ClNOS/c1-11-3-9-15(10-4-11)20-12(2)16(19)18-14-7-5-13(17)6-8-14/h3-10,12H,1-2H3,(H,18,19)/t12-/m0/s1. The molecule has 1 amide bonds. The molecule has 2 rings (SSSR count). The number of carbonyl (C=O) groups excluding carboxylic acids is 1. The lowest BCUT2D eigenvalue weighted by Gasteiger charge is -2.12. The van der Waals surface area contributed by atoms with Gasteiger partial charge in [0.2, 0.25) is 5.91 Å². The molecule has 0 aromatic heterocycles. The van der Waals surface area contributed by atoms with Gasteiger partial charge in [0.15, 0.2) is 0 Å². The highest BCUT2D eigenvalue weighted by molar-refractivity contribution is 8.00. The number of rotatable bonds is 4. The van der Waals surface area contributed by atoms with Crippen molar-refractivity contribution in [1.29, 1.82) is 0 Å². The van der Waals surface area contributed by atoms with E-state index in [2.05, 4.69) is 5.32 Å². The molecule has 0 radical (unpaired) electrons. The summed E-state index contributed by atoms with van der Waals surface area (Å²) in [5, 5.41) is 3.38. The van der Waals surface area contributed by atoms with Crippen molar-refractivity contribution in [2.75, 3.05) is 5.32 Å². The number of anilines is 1. The van der Waals surface area contributed by atoms with Crippen molar-refractivity contribution in [3.63, 3.8) is 0 Å². The van der Waals surface area contributed by atoms with Crippen LogP contribution >= 0.6 is 23.4 Å². The molecular weight excluding hydrogens is 290 g/mol. The van der Waals surface area contributed by atoms with Crippen LogP contribution in [-0.2, 0) is 4.79 Å². The molecule has 0 unspecified atom stereocenters. The number of thioether (sulfide) groups is 1. The Kier molecular flexibility index (Phi) is 5.10. The minimum atomic E-state index is -0.159. The van der Waals surface area contributed by atoms with Crippen LogP contribution < -0.4 is 5.32 Å². The van der Waals surface area contributed by atoms with Gasteiger partial charge in [-0.25, -0.2) is 0 Å². The van der Waals surface area contributed by atoms with Crippen LogP contribution in [0.3, 0.4) is 0 Å². The second-order valence-electron chi connectivity index (χ2n) is 4.57. The number of carbonyl (C=O) groups is 1. The molecule has 0 aliphatic heterocycles. The monoisotopic (exact) mass is 305 g/mol. The Labute approximate surface area is 128 Å². The molecular formula is C16H16ClNOS. The van der Waals surface area contributed by atoms with Gasteiger partial charge < -0.3 is 5.32 Å². The van der Waals surface area contributed by atoms with Crippen LogP contribution in [0.2, 0.25) is 5.02 Å². The molecule has 0 fully saturated rings. The number of aryl methyl sites for hydroxylation is 1. The van der Waals surface area contributed by atoms with E-state index in [9.17, 15) is 4.79 Å². The fourth-order valence-corrected chi connectivity index (χ4v) is 2.65. The second-order valence-corrected chi connectivity index (χ2v) is 6.42. The lowest BCUT2D eigenvalue weighted by atomic mass is 10.2. The molecule has 0 saturated carbocycles. The lowest BCUT2D eigenvalue weighted by molar-refractivity contribution is -0.115. The van der Waals surface area contributed by atoms with Crippen LogP contribution in [0, 0.1) is 6.92 Å². The van der Waals surface area contributed by atoms with Gasteiger partial charge in [-0.15, -0.1) is 11.8 Å². The second kappa shape index (κ2) is 6.82. The van der Waals surface area contributed by atoms with E-state index >= 15 is 0 Å². The third-order valence-corrected chi connectivity index (χ3v) is 4.18. The zero-order chi connectivity index (χ0) is 14.5. The molecule has 1 N–H and O–H groups in total. The molecule has 4 heteroatoms. The van der Waals surface area contributed by atoms with E-state index < -0.39 is 0 Å². The average Bonchev–Trinajstić information content (AvgIpc) is 2.44. The highest BCUT2D eigenvalue weighted by atomic mass is 35.5. The number of halogens is 1. The zero-order valence-electron chi connectivity index (χ0n) is 11.4. The normalized spacial score (nSPS) is 11.9. The summed E-state index contributed by atoms with van der Waals surface area (Å²) in [6.07, 6.45) is 0. The molecule has 2 aromatic rings.